The van der Waals surface area contributed by atoms with E-state index < -0.39 is 16.1 Å². The van der Waals surface area contributed by atoms with Gasteiger partial charge >= 0.3 is 0 Å². The van der Waals surface area contributed by atoms with Crippen LogP contribution < -0.4 is 14.4 Å². The Morgan fingerprint density at radius 3 is 2.41 bits per heavy atom. The van der Waals surface area contributed by atoms with E-state index >= 15 is 0 Å². The Morgan fingerprint density at radius 1 is 1.05 bits per heavy atom. The van der Waals surface area contributed by atoms with E-state index in [2.05, 4.69) is 5.32 Å². The molecule has 37 heavy (non-hydrogen) atoms. The molecule has 0 aliphatic heterocycles. The van der Waals surface area contributed by atoms with Crippen LogP contribution in [-0.2, 0) is 26.2 Å². The van der Waals surface area contributed by atoms with E-state index in [-0.39, 0.29) is 31.3 Å². The molecule has 0 unspecified atom stereocenters. The van der Waals surface area contributed by atoms with Crippen LogP contribution in [0.25, 0.3) is 0 Å². The topological polar surface area (TPSA) is 96.0 Å². The molecule has 0 aliphatic rings. The van der Waals surface area contributed by atoms with Gasteiger partial charge in [0.1, 0.15) is 11.8 Å². The predicted molar refractivity (Wildman–Crippen MR) is 148 cm³/mol. The minimum atomic E-state index is -3.53. The first kappa shape index (κ1) is 30.2. The largest absolute Gasteiger partial charge is 0.497 e. The van der Waals surface area contributed by atoms with Crippen molar-refractivity contribution in [3.05, 3.63) is 59.2 Å². The molecule has 0 bridgehead atoms. The van der Waals surface area contributed by atoms with Crippen LogP contribution in [-0.4, -0.2) is 57.6 Å². The van der Waals surface area contributed by atoms with Crippen LogP contribution in [0, 0.1) is 13.8 Å². The molecule has 8 nitrogen and oxygen atoms in total. The first-order valence-electron chi connectivity index (χ1n) is 12.7. The lowest BCUT2D eigenvalue weighted by Crippen LogP contribution is -2.48. The third-order valence-corrected chi connectivity index (χ3v) is 7.61. The quantitative estimate of drug-likeness (QED) is 0.369. The molecule has 1 atom stereocenters. The standard InChI is InChI=1S/C28H41N3O5S/c1-7-8-16-29-28(33)23(4)30(20-24-11-9-12-26(19-24)36-5)27(32)13-10-17-31(37(6,34)35)25-15-14-21(2)22(3)18-25/h9,11-12,14-15,18-19,23H,7-8,10,13,16-17,20H2,1-6H3,(H,29,33)/t23-/m1/s1. The van der Waals surface area contributed by atoms with Crippen LogP contribution in [0.4, 0.5) is 5.69 Å². The first-order valence-corrected chi connectivity index (χ1v) is 14.6. The second-order valence-corrected chi connectivity index (χ2v) is 11.3. The fourth-order valence-electron chi connectivity index (χ4n) is 3.97. The minimum Gasteiger partial charge on any atom is -0.497 e. The number of nitrogens with one attached hydrogen (secondary N) is 1. The van der Waals surface area contributed by atoms with Gasteiger partial charge in [0.15, 0.2) is 0 Å². The Hall–Kier alpha value is -3.07. The molecule has 0 spiro atoms. The van der Waals surface area contributed by atoms with Gasteiger partial charge in [0, 0.05) is 26.1 Å². The van der Waals surface area contributed by atoms with Crippen molar-refractivity contribution in [2.24, 2.45) is 0 Å². The summed E-state index contributed by atoms with van der Waals surface area (Å²) in [7, 11) is -1.96. The lowest BCUT2D eigenvalue weighted by Gasteiger charge is -2.29. The van der Waals surface area contributed by atoms with Crippen molar-refractivity contribution in [2.45, 2.75) is 66.0 Å². The van der Waals surface area contributed by atoms with Crippen molar-refractivity contribution in [3.8, 4) is 5.75 Å². The molecule has 0 aromatic heterocycles. The number of anilines is 1. The molecule has 2 amide bonds. The maximum Gasteiger partial charge on any atom is 0.242 e. The average Bonchev–Trinajstić information content (AvgIpc) is 2.85. The second-order valence-electron chi connectivity index (χ2n) is 9.40. The third-order valence-electron chi connectivity index (χ3n) is 6.41. The monoisotopic (exact) mass is 531 g/mol. The number of carbonyl (C=O) groups is 2. The Balaban J connectivity index is 2.18. The van der Waals surface area contributed by atoms with E-state index in [0.29, 0.717) is 24.4 Å². The number of benzene rings is 2. The highest BCUT2D eigenvalue weighted by Crippen LogP contribution is 2.22. The Kier molecular flexibility index (Phi) is 11.4. The molecule has 0 saturated heterocycles. The summed E-state index contributed by atoms with van der Waals surface area (Å²) >= 11 is 0. The summed E-state index contributed by atoms with van der Waals surface area (Å²) in [4.78, 5) is 27.8. The zero-order valence-corrected chi connectivity index (χ0v) is 23.7. The molecule has 0 saturated carbocycles. The second kappa shape index (κ2) is 14.0. The zero-order valence-electron chi connectivity index (χ0n) is 22.9. The lowest BCUT2D eigenvalue weighted by atomic mass is 10.1. The number of aryl methyl sites for hydroxylation is 2. The normalized spacial score (nSPS) is 12.1. The van der Waals surface area contributed by atoms with Gasteiger partial charge in [-0.05, 0) is 74.6 Å². The summed E-state index contributed by atoms with van der Waals surface area (Å²) in [5, 5.41) is 2.91. The molecule has 2 rings (SSSR count). The van der Waals surface area contributed by atoms with Gasteiger partial charge in [-0.25, -0.2) is 8.42 Å². The van der Waals surface area contributed by atoms with Gasteiger partial charge in [-0.3, -0.25) is 13.9 Å². The molecule has 2 aromatic carbocycles. The maximum atomic E-state index is 13.4. The number of methoxy groups -OCH3 is 1. The summed E-state index contributed by atoms with van der Waals surface area (Å²) in [5.41, 5.74) is 3.49. The van der Waals surface area contributed by atoms with Gasteiger partial charge in [0.05, 0.1) is 19.1 Å². The van der Waals surface area contributed by atoms with Crippen molar-refractivity contribution in [2.75, 3.05) is 30.8 Å². The number of nitrogens with zero attached hydrogens (tertiary/aromatic N) is 2. The number of amides is 2. The van der Waals surface area contributed by atoms with E-state index in [4.69, 9.17) is 4.74 Å². The van der Waals surface area contributed by atoms with E-state index in [0.717, 1.165) is 29.5 Å². The fraction of sp³-hybridized carbons (Fsp3) is 0.500. The number of unbranched alkanes of at least 4 members (excludes halogenated alkanes) is 1. The predicted octanol–water partition coefficient (Wildman–Crippen LogP) is 4.19. The highest BCUT2D eigenvalue weighted by molar-refractivity contribution is 7.92. The van der Waals surface area contributed by atoms with Crippen molar-refractivity contribution >= 4 is 27.5 Å². The van der Waals surface area contributed by atoms with Crippen molar-refractivity contribution in [3.63, 3.8) is 0 Å². The lowest BCUT2D eigenvalue weighted by molar-refractivity contribution is -0.140. The summed E-state index contributed by atoms with van der Waals surface area (Å²) in [6.07, 6.45) is 3.41. The summed E-state index contributed by atoms with van der Waals surface area (Å²) in [5.74, 6) is 0.245. The van der Waals surface area contributed by atoms with E-state index in [1.165, 1.54) is 10.6 Å². The van der Waals surface area contributed by atoms with Gasteiger partial charge in [-0.1, -0.05) is 31.5 Å². The summed E-state index contributed by atoms with van der Waals surface area (Å²) in [6.45, 7) is 8.64. The number of hydrogen-bond donors (Lipinski definition) is 1. The minimum absolute atomic E-state index is 0.105. The van der Waals surface area contributed by atoms with E-state index in [1.807, 2.05) is 57.2 Å². The molecule has 1 N–H and O–H groups in total. The maximum absolute atomic E-state index is 13.4. The molecular formula is C28H41N3O5S. The van der Waals surface area contributed by atoms with Gasteiger partial charge in [-0.2, -0.15) is 0 Å². The van der Waals surface area contributed by atoms with Crippen molar-refractivity contribution in [1.82, 2.24) is 10.2 Å². The summed E-state index contributed by atoms with van der Waals surface area (Å²) in [6, 6.07) is 12.2. The van der Waals surface area contributed by atoms with Crippen molar-refractivity contribution < 1.29 is 22.7 Å². The number of hydrogen-bond acceptors (Lipinski definition) is 5. The molecule has 2 aromatic rings. The Labute approximate surface area is 222 Å². The van der Waals surface area contributed by atoms with Gasteiger partial charge in [-0.15, -0.1) is 0 Å². The van der Waals surface area contributed by atoms with Gasteiger partial charge < -0.3 is 15.0 Å². The highest BCUT2D eigenvalue weighted by Gasteiger charge is 2.26. The average molecular weight is 532 g/mol. The molecule has 9 heteroatoms. The van der Waals surface area contributed by atoms with Crippen LogP contribution in [0.2, 0.25) is 0 Å². The SMILES string of the molecule is CCCCNC(=O)[C@@H](C)N(Cc1cccc(OC)c1)C(=O)CCCN(c1ccc(C)c(C)c1)S(C)(=O)=O. The van der Waals surface area contributed by atoms with E-state index in [9.17, 15) is 18.0 Å². The highest BCUT2D eigenvalue weighted by atomic mass is 32.2. The molecule has 0 heterocycles. The molecule has 0 aliphatic carbocycles. The fourth-order valence-corrected chi connectivity index (χ4v) is 4.93. The Bertz CT molecular complexity index is 1170. The van der Waals surface area contributed by atoms with Crippen LogP contribution in [0.15, 0.2) is 42.5 Å². The summed E-state index contributed by atoms with van der Waals surface area (Å²) < 4.78 is 31.7. The number of ether oxygens (including phenoxy) is 1. The molecular weight excluding hydrogens is 490 g/mol. The zero-order chi connectivity index (χ0) is 27.6. The number of carbonyl (C=O) groups excluding carboxylic acids is 2. The van der Waals surface area contributed by atoms with Gasteiger partial charge in [0.25, 0.3) is 0 Å². The molecule has 0 radical (unpaired) electrons. The molecule has 204 valence electrons. The van der Waals surface area contributed by atoms with Crippen molar-refractivity contribution in [1.29, 1.82) is 0 Å². The van der Waals surface area contributed by atoms with Crippen LogP contribution in [0.5, 0.6) is 5.75 Å². The number of sulfonamides is 1. The van der Waals surface area contributed by atoms with Crippen LogP contribution in [0.1, 0.15) is 56.2 Å². The van der Waals surface area contributed by atoms with E-state index in [1.54, 1.807) is 25.0 Å². The van der Waals surface area contributed by atoms with Crippen LogP contribution >= 0.6 is 0 Å². The Morgan fingerprint density at radius 2 is 1.78 bits per heavy atom. The smallest absolute Gasteiger partial charge is 0.242 e. The van der Waals surface area contributed by atoms with Crippen LogP contribution in [0.3, 0.4) is 0 Å². The molecule has 0 fully saturated rings. The number of rotatable bonds is 14. The third kappa shape index (κ3) is 9.07. The van der Waals surface area contributed by atoms with Gasteiger partial charge in [0.2, 0.25) is 21.8 Å². The first-order chi connectivity index (χ1) is 17.5.